The molecule has 1 aromatic rings. The van der Waals surface area contributed by atoms with Crippen LogP contribution in [-0.2, 0) is 6.42 Å². The van der Waals surface area contributed by atoms with Crippen molar-refractivity contribution in [2.45, 2.75) is 45.8 Å². The fourth-order valence-electron chi connectivity index (χ4n) is 2.16. The summed E-state index contributed by atoms with van der Waals surface area (Å²) in [6, 6.07) is 6.63. The van der Waals surface area contributed by atoms with Crippen LogP contribution in [0.15, 0.2) is 18.2 Å². The van der Waals surface area contributed by atoms with Gasteiger partial charge in [-0.25, -0.2) is 0 Å². The zero-order chi connectivity index (χ0) is 11.7. The lowest BCUT2D eigenvalue weighted by molar-refractivity contribution is 0.199. The summed E-state index contributed by atoms with van der Waals surface area (Å²) in [6.45, 7) is 6.45. The van der Waals surface area contributed by atoms with Crippen molar-refractivity contribution in [1.29, 1.82) is 0 Å². The summed E-state index contributed by atoms with van der Waals surface area (Å²) in [5, 5.41) is 0. The van der Waals surface area contributed by atoms with Crippen molar-refractivity contribution in [3.63, 3.8) is 0 Å². The first-order chi connectivity index (χ1) is 7.56. The van der Waals surface area contributed by atoms with E-state index in [-0.39, 0.29) is 12.1 Å². The second kappa shape index (κ2) is 4.46. The molecule has 0 saturated carbocycles. The van der Waals surface area contributed by atoms with Crippen LogP contribution in [0, 0.1) is 12.8 Å². The van der Waals surface area contributed by atoms with Crippen LogP contribution < -0.4 is 10.5 Å². The summed E-state index contributed by atoms with van der Waals surface area (Å²) in [6.07, 6.45) is 2.23. The van der Waals surface area contributed by atoms with Crippen molar-refractivity contribution >= 4 is 0 Å². The van der Waals surface area contributed by atoms with E-state index in [1.807, 2.05) is 0 Å². The predicted molar refractivity (Wildman–Crippen MR) is 66.7 cm³/mol. The van der Waals surface area contributed by atoms with Crippen LogP contribution in [0.5, 0.6) is 5.75 Å². The van der Waals surface area contributed by atoms with Crippen molar-refractivity contribution < 1.29 is 4.74 Å². The first-order valence-corrected chi connectivity index (χ1v) is 6.08. The van der Waals surface area contributed by atoms with Crippen molar-refractivity contribution in [3.8, 4) is 5.75 Å². The maximum atomic E-state index is 6.08. The molecule has 2 nitrogen and oxygen atoms in total. The molecule has 2 atom stereocenters. The van der Waals surface area contributed by atoms with Gasteiger partial charge in [0.2, 0.25) is 0 Å². The minimum atomic E-state index is 0.236. The van der Waals surface area contributed by atoms with Crippen LogP contribution in [-0.4, -0.2) is 12.1 Å². The summed E-state index contributed by atoms with van der Waals surface area (Å²) in [7, 11) is 0. The third-order valence-electron chi connectivity index (χ3n) is 3.35. The zero-order valence-electron chi connectivity index (χ0n) is 10.4. The lowest BCUT2D eigenvalue weighted by atomic mass is 9.96. The maximum Gasteiger partial charge on any atom is 0.123 e. The maximum absolute atomic E-state index is 6.08. The Bertz CT molecular complexity index is 373. The van der Waals surface area contributed by atoms with Crippen molar-refractivity contribution in [3.05, 3.63) is 29.3 Å². The van der Waals surface area contributed by atoms with E-state index < -0.39 is 0 Å². The van der Waals surface area contributed by atoms with Gasteiger partial charge < -0.3 is 10.5 Å². The fraction of sp³-hybridized carbons (Fsp3) is 0.571. The van der Waals surface area contributed by atoms with Crippen LogP contribution in [0.25, 0.3) is 0 Å². The third-order valence-corrected chi connectivity index (χ3v) is 3.35. The van der Waals surface area contributed by atoms with Crippen LogP contribution in [0.4, 0.5) is 0 Å². The molecule has 2 unspecified atom stereocenters. The first kappa shape index (κ1) is 11.5. The van der Waals surface area contributed by atoms with Gasteiger partial charge in [-0.1, -0.05) is 31.5 Å². The molecular formula is C14H21NO. The molecule has 2 heteroatoms. The Morgan fingerprint density at radius 3 is 2.88 bits per heavy atom. The van der Waals surface area contributed by atoms with Crippen LogP contribution in [0.1, 0.15) is 31.4 Å². The molecule has 0 bridgehead atoms. The van der Waals surface area contributed by atoms with Gasteiger partial charge in [0.15, 0.2) is 0 Å². The quantitative estimate of drug-likeness (QED) is 0.848. The van der Waals surface area contributed by atoms with Crippen molar-refractivity contribution in [1.82, 2.24) is 0 Å². The molecule has 16 heavy (non-hydrogen) atoms. The molecule has 1 aromatic carbocycles. The van der Waals surface area contributed by atoms with Gasteiger partial charge in [0.05, 0.1) is 0 Å². The smallest absolute Gasteiger partial charge is 0.123 e. The molecule has 0 spiro atoms. The van der Waals surface area contributed by atoms with E-state index in [0.717, 1.165) is 18.6 Å². The molecule has 2 N–H and O–H groups in total. The Morgan fingerprint density at radius 1 is 1.44 bits per heavy atom. The highest BCUT2D eigenvalue weighted by molar-refractivity contribution is 5.40. The summed E-state index contributed by atoms with van der Waals surface area (Å²) in [4.78, 5) is 0. The van der Waals surface area contributed by atoms with Gasteiger partial charge >= 0.3 is 0 Å². The lowest BCUT2D eigenvalue weighted by Gasteiger charge is -2.19. The summed E-state index contributed by atoms with van der Waals surface area (Å²) >= 11 is 0. The average molecular weight is 219 g/mol. The number of fused-ring (bicyclic) bond motifs is 1. The van der Waals surface area contributed by atoms with Gasteiger partial charge in [0, 0.05) is 12.5 Å². The first-order valence-electron chi connectivity index (χ1n) is 6.08. The molecule has 0 saturated heterocycles. The zero-order valence-corrected chi connectivity index (χ0v) is 10.4. The molecule has 0 aromatic heterocycles. The van der Waals surface area contributed by atoms with Gasteiger partial charge in [0.25, 0.3) is 0 Å². The molecule has 0 radical (unpaired) electrons. The normalized spacial score (nSPS) is 20.7. The highest BCUT2D eigenvalue weighted by Crippen LogP contribution is 2.31. The highest BCUT2D eigenvalue weighted by Gasteiger charge is 2.25. The molecule has 1 heterocycles. The number of benzene rings is 1. The Morgan fingerprint density at radius 2 is 2.19 bits per heavy atom. The topological polar surface area (TPSA) is 35.2 Å². The van der Waals surface area contributed by atoms with E-state index in [2.05, 4.69) is 39.0 Å². The minimum Gasteiger partial charge on any atom is -0.490 e. The number of ether oxygens (including phenoxy) is 1. The van der Waals surface area contributed by atoms with Crippen molar-refractivity contribution in [2.75, 3.05) is 0 Å². The van der Waals surface area contributed by atoms with E-state index in [1.54, 1.807) is 0 Å². The second-order valence-corrected chi connectivity index (χ2v) is 5.20. The van der Waals surface area contributed by atoms with Crippen LogP contribution in [0.2, 0.25) is 0 Å². The van der Waals surface area contributed by atoms with E-state index in [4.69, 9.17) is 10.5 Å². The summed E-state index contributed by atoms with van der Waals surface area (Å²) in [5.41, 5.74) is 8.72. The van der Waals surface area contributed by atoms with Crippen LogP contribution in [0.3, 0.4) is 0 Å². The van der Waals surface area contributed by atoms with Gasteiger partial charge in [-0.3, -0.25) is 0 Å². The second-order valence-electron chi connectivity index (χ2n) is 5.20. The van der Waals surface area contributed by atoms with E-state index in [9.17, 15) is 0 Å². The van der Waals surface area contributed by atoms with E-state index >= 15 is 0 Å². The molecule has 0 aliphatic carbocycles. The largest absolute Gasteiger partial charge is 0.490 e. The van der Waals surface area contributed by atoms with Gasteiger partial charge in [-0.05, 0) is 30.9 Å². The Labute approximate surface area is 97.8 Å². The van der Waals surface area contributed by atoms with Crippen molar-refractivity contribution in [2.24, 2.45) is 11.7 Å². The number of hydrogen-bond donors (Lipinski definition) is 1. The molecule has 88 valence electrons. The Kier molecular flexibility index (Phi) is 3.20. The summed E-state index contributed by atoms with van der Waals surface area (Å²) in [5.74, 6) is 1.57. The number of aryl methyl sites for hydroxylation is 1. The molecular weight excluding hydrogens is 198 g/mol. The Balaban J connectivity index is 2.00. The number of hydrogen-bond acceptors (Lipinski definition) is 2. The molecule has 0 fully saturated rings. The highest BCUT2D eigenvalue weighted by atomic mass is 16.5. The van der Waals surface area contributed by atoms with Gasteiger partial charge in [0.1, 0.15) is 11.9 Å². The standard InChI is InChI=1S/C14H21NO/c1-9(2)13(15)8-12-7-11-6-10(3)4-5-14(11)16-12/h4-6,9,12-13H,7-8,15H2,1-3H3. The Hall–Kier alpha value is -1.02. The van der Waals surface area contributed by atoms with Gasteiger partial charge in [-0.2, -0.15) is 0 Å². The SMILES string of the molecule is Cc1ccc2c(c1)CC(CC(N)C(C)C)O2. The lowest BCUT2D eigenvalue weighted by Crippen LogP contribution is -2.32. The van der Waals surface area contributed by atoms with E-state index in [1.165, 1.54) is 11.1 Å². The monoisotopic (exact) mass is 219 g/mol. The molecule has 2 rings (SSSR count). The molecule has 1 aliphatic rings. The van der Waals surface area contributed by atoms with Gasteiger partial charge in [-0.15, -0.1) is 0 Å². The minimum absolute atomic E-state index is 0.236. The molecule has 0 amide bonds. The fourth-order valence-corrected chi connectivity index (χ4v) is 2.16. The van der Waals surface area contributed by atoms with Crippen LogP contribution >= 0.6 is 0 Å². The van der Waals surface area contributed by atoms with E-state index in [0.29, 0.717) is 5.92 Å². The number of rotatable bonds is 3. The third kappa shape index (κ3) is 2.38. The molecule has 1 aliphatic heterocycles. The summed E-state index contributed by atoms with van der Waals surface area (Å²) < 4.78 is 5.90. The number of nitrogens with two attached hydrogens (primary N) is 1. The average Bonchev–Trinajstić information content (AvgIpc) is 2.58. The predicted octanol–water partition coefficient (Wildman–Crippen LogP) is 2.67.